The Morgan fingerprint density at radius 1 is 1.25 bits per heavy atom. The summed E-state index contributed by atoms with van der Waals surface area (Å²) in [6.07, 6.45) is 8.18. The first kappa shape index (κ1) is 12.6. The van der Waals surface area contributed by atoms with Crippen molar-refractivity contribution in [1.29, 1.82) is 0 Å². The number of fused-ring (bicyclic) bond motifs is 1. The summed E-state index contributed by atoms with van der Waals surface area (Å²) in [5, 5.41) is 11.0. The minimum absolute atomic E-state index is 0.590. The van der Waals surface area contributed by atoms with Gasteiger partial charge >= 0.3 is 0 Å². The quantitative estimate of drug-likeness (QED) is 0.599. The molecule has 0 aromatic carbocycles. The molecular formula is C13H17N7. The van der Waals surface area contributed by atoms with Gasteiger partial charge in [-0.25, -0.2) is 4.98 Å². The van der Waals surface area contributed by atoms with Crippen LogP contribution < -0.4 is 11.5 Å². The zero-order valence-corrected chi connectivity index (χ0v) is 11.1. The van der Waals surface area contributed by atoms with Gasteiger partial charge in [0.05, 0.1) is 12.4 Å². The number of aromatic nitrogens is 5. The van der Waals surface area contributed by atoms with E-state index in [1.807, 2.05) is 12.3 Å². The van der Waals surface area contributed by atoms with Crippen LogP contribution in [0.25, 0.3) is 16.8 Å². The van der Waals surface area contributed by atoms with Crippen LogP contribution >= 0.6 is 0 Å². The number of nitrogen functional groups attached to an aromatic ring is 1. The van der Waals surface area contributed by atoms with Crippen LogP contribution in [0.2, 0.25) is 0 Å². The van der Waals surface area contributed by atoms with Crippen LogP contribution in [0.4, 0.5) is 5.82 Å². The number of nitrogens with one attached hydrogen (secondary N) is 1. The SMILES string of the molecule is NCCCCc1cc(N)n2ncc(-c3cn[nH]c3)c2n1. The zero-order chi connectivity index (χ0) is 13.9. The van der Waals surface area contributed by atoms with Crippen LogP contribution in [-0.4, -0.2) is 31.3 Å². The summed E-state index contributed by atoms with van der Waals surface area (Å²) >= 11 is 0. The Kier molecular flexibility index (Phi) is 3.34. The minimum Gasteiger partial charge on any atom is -0.384 e. The first-order chi connectivity index (χ1) is 9.79. The Balaban J connectivity index is 2.02. The summed E-state index contributed by atoms with van der Waals surface area (Å²) in [5.41, 5.74) is 15.2. The van der Waals surface area contributed by atoms with E-state index in [-0.39, 0.29) is 0 Å². The lowest BCUT2D eigenvalue weighted by atomic mass is 10.1. The van der Waals surface area contributed by atoms with Crippen LogP contribution in [-0.2, 0) is 6.42 Å². The second-order valence-electron chi connectivity index (χ2n) is 4.70. The molecule has 3 heterocycles. The molecule has 104 valence electrons. The van der Waals surface area contributed by atoms with Gasteiger partial charge in [0.2, 0.25) is 0 Å². The predicted octanol–water partition coefficient (Wildman–Crippen LogP) is 0.983. The van der Waals surface area contributed by atoms with Gasteiger partial charge in [-0.2, -0.15) is 14.7 Å². The van der Waals surface area contributed by atoms with Gasteiger partial charge in [0.25, 0.3) is 0 Å². The molecule has 0 aliphatic heterocycles. The van der Waals surface area contributed by atoms with Crippen molar-refractivity contribution in [2.24, 2.45) is 5.73 Å². The summed E-state index contributed by atoms with van der Waals surface area (Å²) in [6.45, 7) is 0.699. The van der Waals surface area contributed by atoms with E-state index >= 15 is 0 Å². The first-order valence-electron chi connectivity index (χ1n) is 6.62. The van der Waals surface area contributed by atoms with E-state index in [1.54, 1.807) is 16.9 Å². The maximum absolute atomic E-state index is 6.04. The van der Waals surface area contributed by atoms with Gasteiger partial charge in [0.1, 0.15) is 5.82 Å². The second-order valence-corrected chi connectivity index (χ2v) is 4.70. The number of hydrogen-bond acceptors (Lipinski definition) is 5. The summed E-state index contributed by atoms with van der Waals surface area (Å²) in [7, 11) is 0. The van der Waals surface area contributed by atoms with Gasteiger partial charge in [-0.05, 0) is 25.8 Å². The van der Waals surface area contributed by atoms with E-state index in [1.165, 1.54) is 0 Å². The van der Waals surface area contributed by atoms with Gasteiger partial charge in [-0.15, -0.1) is 0 Å². The van der Waals surface area contributed by atoms with Crippen molar-refractivity contribution in [1.82, 2.24) is 24.8 Å². The number of aryl methyl sites for hydroxylation is 1. The van der Waals surface area contributed by atoms with Crippen LogP contribution in [0.15, 0.2) is 24.7 Å². The highest BCUT2D eigenvalue weighted by molar-refractivity contribution is 5.77. The van der Waals surface area contributed by atoms with Crippen molar-refractivity contribution in [2.75, 3.05) is 12.3 Å². The van der Waals surface area contributed by atoms with Crippen LogP contribution in [0.1, 0.15) is 18.5 Å². The molecule has 0 radical (unpaired) electrons. The number of H-pyrrole nitrogens is 1. The van der Waals surface area contributed by atoms with Gasteiger partial charge in [0, 0.05) is 29.1 Å². The van der Waals surface area contributed by atoms with E-state index < -0.39 is 0 Å². The highest BCUT2D eigenvalue weighted by Gasteiger charge is 2.12. The molecule has 20 heavy (non-hydrogen) atoms. The lowest BCUT2D eigenvalue weighted by Crippen LogP contribution is -2.04. The molecule has 0 aliphatic carbocycles. The molecule has 3 aromatic rings. The summed E-state index contributed by atoms with van der Waals surface area (Å²) in [5.74, 6) is 0.590. The highest BCUT2D eigenvalue weighted by atomic mass is 15.3. The topological polar surface area (TPSA) is 111 Å². The standard InChI is InChI=1S/C13H17N7/c14-4-2-1-3-10-5-12(15)20-13(19-10)11(8-18-20)9-6-16-17-7-9/h5-8H,1-4,14-15H2,(H,16,17). The first-order valence-corrected chi connectivity index (χ1v) is 6.62. The normalized spacial score (nSPS) is 11.2. The molecule has 3 aromatic heterocycles. The van der Waals surface area contributed by atoms with Crippen molar-refractivity contribution < 1.29 is 0 Å². The van der Waals surface area contributed by atoms with Crippen LogP contribution in [0.5, 0.6) is 0 Å². The smallest absolute Gasteiger partial charge is 0.165 e. The maximum atomic E-state index is 6.04. The Bertz CT molecular complexity index is 699. The molecule has 0 saturated heterocycles. The molecule has 7 heteroatoms. The van der Waals surface area contributed by atoms with Crippen molar-refractivity contribution in [2.45, 2.75) is 19.3 Å². The number of nitrogens with two attached hydrogens (primary N) is 2. The largest absolute Gasteiger partial charge is 0.384 e. The molecular weight excluding hydrogens is 254 g/mol. The molecule has 3 rings (SSSR count). The third-order valence-electron chi connectivity index (χ3n) is 3.25. The summed E-state index contributed by atoms with van der Waals surface area (Å²) in [4.78, 5) is 4.66. The third kappa shape index (κ3) is 2.23. The summed E-state index contributed by atoms with van der Waals surface area (Å²) in [6, 6.07) is 1.87. The van der Waals surface area contributed by atoms with Gasteiger partial charge < -0.3 is 11.5 Å². The van der Waals surface area contributed by atoms with Gasteiger partial charge in [-0.3, -0.25) is 5.10 Å². The van der Waals surface area contributed by atoms with Crippen LogP contribution in [0, 0.1) is 0 Å². The number of nitrogens with zero attached hydrogens (tertiary/aromatic N) is 4. The molecule has 0 fully saturated rings. The summed E-state index contributed by atoms with van der Waals surface area (Å²) < 4.78 is 1.65. The fraction of sp³-hybridized carbons (Fsp3) is 0.308. The molecule has 5 N–H and O–H groups in total. The van der Waals surface area contributed by atoms with Gasteiger partial charge in [0.15, 0.2) is 5.65 Å². The van der Waals surface area contributed by atoms with E-state index in [9.17, 15) is 0 Å². The second kappa shape index (κ2) is 5.30. The lowest BCUT2D eigenvalue weighted by molar-refractivity contribution is 0.731. The number of aromatic amines is 1. The average molecular weight is 271 g/mol. The van der Waals surface area contributed by atoms with Crippen molar-refractivity contribution in [3.05, 3.63) is 30.4 Å². The molecule has 0 unspecified atom stereocenters. The van der Waals surface area contributed by atoms with Crippen molar-refractivity contribution in [3.8, 4) is 11.1 Å². The third-order valence-corrected chi connectivity index (χ3v) is 3.25. The predicted molar refractivity (Wildman–Crippen MR) is 77.0 cm³/mol. The fourth-order valence-electron chi connectivity index (χ4n) is 2.22. The van der Waals surface area contributed by atoms with E-state index in [0.29, 0.717) is 12.4 Å². The maximum Gasteiger partial charge on any atom is 0.165 e. The van der Waals surface area contributed by atoms with E-state index in [2.05, 4.69) is 20.3 Å². The van der Waals surface area contributed by atoms with E-state index in [0.717, 1.165) is 41.7 Å². The zero-order valence-electron chi connectivity index (χ0n) is 11.1. The highest BCUT2D eigenvalue weighted by Crippen LogP contribution is 2.24. The Morgan fingerprint density at radius 2 is 2.15 bits per heavy atom. The number of rotatable bonds is 5. The van der Waals surface area contributed by atoms with Crippen LogP contribution in [0.3, 0.4) is 0 Å². The number of unbranched alkanes of at least 4 members (excludes halogenated alkanes) is 1. The number of hydrogen-bond donors (Lipinski definition) is 3. The Morgan fingerprint density at radius 3 is 2.90 bits per heavy atom. The molecule has 0 bridgehead atoms. The fourth-order valence-corrected chi connectivity index (χ4v) is 2.22. The molecule has 0 aliphatic rings. The van der Waals surface area contributed by atoms with E-state index in [4.69, 9.17) is 11.5 Å². The molecule has 0 spiro atoms. The monoisotopic (exact) mass is 271 g/mol. The minimum atomic E-state index is 0.590. The molecule has 0 amide bonds. The van der Waals surface area contributed by atoms with Crippen molar-refractivity contribution in [3.63, 3.8) is 0 Å². The number of anilines is 1. The average Bonchev–Trinajstić information content (AvgIpc) is 3.06. The Hall–Kier alpha value is -2.41. The lowest BCUT2D eigenvalue weighted by Gasteiger charge is -2.05. The Labute approximate surface area is 116 Å². The van der Waals surface area contributed by atoms with Crippen molar-refractivity contribution >= 4 is 11.5 Å². The molecule has 0 atom stereocenters. The van der Waals surface area contributed by atoms with Gasteiger partial charge in [-0.1, -0.05) is 0 Å². The molecule has 0 saturated carbocycles. The molecule has 7 nitrogen and oxygen atoms in total.